The first-order valence-corrected chi connectivity index (χ1v) is 13.1. The zero-order valence-corrected chi connectivity index (χ0v) is 22.1. The molecule has 1 aromatic heterocycles. The predicted molar refractivity (Wildman–Crippen MR) is 155 cm³/mol. The van der Waals surface area contributed by atoms with Gasteiger partial charge in [0.05, 0.1) is 32.7 Å². The van der Waals surface area contributed by atoms with Crippen molar-refractivity contribution in [3.63, 3.8) is 0 Å². The molecule has 0 saturated heterocycles. The van der Waals surface area contributed by atoms with Gasteiger partial charge in [-0.1, -0.05) is 36.4 Å². The summed E-state index contributed by atoms with van der Waals surface area (Å²) in [4.78, 5) is 5.37. The fourth-order valence-corrected chi connectivity index (χ4v) is 5.63. The van der Waals surface area contributed by atoms with Crippen molar-refractivity contribution >= 4 is 23.3 Å². The Hall–Kier alpha value is -4.31. The average molecular weight is 502 g/mol. The first-order valence-electron chi connectivity index (χ1n) is 13.1. The van der Waals surface area contributed by atoms with E-state index >= 15 is 0 Å². The van der Waals surface area contributed by atoms with Crippen LogP contribution in [0.15, 0.2) is 72.8 Å². The summed E-state index contributed by atoms with van der Waals surface area (Å²) in [6.07, 6.45) is 8.53. The van der Waals surface area contributed by atoms with E-state index in [1.165, 1.54) is 33.4 Å². The molecule has 0 amide bonds. The first-order chi connectivity index (χ1) is 18.7. The summed E-state index contributed by atoms with van der Waals surface area (Å²) < 4.78 is 16.1. The Balaban J connectivity index is 1.49. The van der Waals surface area contributed by atoms with Crippen LogP contribution in [0.5, 0.6) is 17.2 Å². The van der Waals surface area contributed by atoms with Crippen LogP contribution in [0.4, 0.5) is 0 Å². The van der Waals surface area contributed by atoms with Crippen LogP contribution < -0.4 is 14.2 Å². The molecule has 0 fully saturated rings. The fourth-order valence-electron chi connectivity index (χ4n) is 5.63. The van der Waals surface area contributed by atoms with Crippen LogP contribution in [0.3, 0.4) is 0 Å². The quantitative estimate of drug-likeness (QED) is 0.271. The van der Waals surface area contributed by atoms with Crippen molar-refractivity contribution in [1.82, 2.24) is 4.98 Å². The van der Waals surface area contributed by atoms with Crippen LogP contribution in [0.2, 0.25) is 0 Å². The molecule has 190 valence electrons. The molecule has 0 radical (unpaired) electrons. The van der Waals surface area contributed by atoms with Gasteiger partial charge in [-0.05, 0) is 119 Å². The molecule has 0 saturated carbocycles. The molecule has 0 N–H and O–H groups in total. The van der Waals surface area contributed by atoms with E-state index in [0.29, 0.717) is 0 Å². The van der Waals surface area contributed by atoms with Gasteiger partial charge in [0.15, 0.2) is 0 Å². The van der Waals surface area contributed by atoms with Gasteiger partial charge in [0.25, 0.3) is 0 Å². The second-order valence-electron chi connectivity index (χ2n) is 9.76. The number of rotatable bonds is 6. The molecule has 38 heavy (non-hydrogen) atoms. The third-order valence-corrected chi connectivity index (χ3v) is 7.59. The van der Waals surface area contributed by atoms with E-state index in [0.717, 1.165) is 65.4 Å². The summed E-state index contributed by atoms with van der Waals surface area (Å²) in [7, 11) is 5.11. The molecule has 0 aliphatic heterocycles. The minimum atomic E-state index is 0.866. The van der Waals surface area contributed by atoms with Gasteiger partial charge >= 0.3 is 0 Å². The Morgan fingerprint density at radius 1 is 0.526 bits per heavy atom. The van der Waals surface area contributed by atoms with Crippen molar-refractivity contribution in [3.05, 3.63) is 106 Å². The Morgan fingerprint density at radius 3 is 1.32 bits per heavy atom. The molecule has 4 nitrogen and oxygen atoms in total. The van der Waals surface area contributed by atoms with E-state index < -0.39 is 0 Å². The molecule has 6 rings (SSSR count). The Kier molecular flexibility index (Phi) is 6.47. The van der Waals surface area contributed by atoms with E-state index in [-0.39, 0.29) is 0 Å². The number of fused-ring (bicyclic) bond motifs is 2. The topological polar surface area (TPSA) is 40.6 Å². The molecule has 0 spiro atoms. The highest BCUT2D eigenvalue weighted by molar-refractivity contribution is 5.93. The van der Waals surface area contributed by atoms with Crippen LogP contribution in [0.1, 0.15) is 46.5 Å². The zero-order chi connectivity index (χ0) is 26.1. The first kappa shape index (κ1) is 24.1. The highest BCUT2D eigenvalue weighted by Gasteiger charge is 2.30. The van der Waals surface area contributed by atoms with Crippen molar-refractivity contribution in [2.45, 2.75) is 25.7 Å². The number of allylic oxidation sites excluding steroid dienone is 2. The van der Waals surface area contributed by atoms with Gasteiger partial charge in [-0.25, -0.2) is 4.98 Å². The smallest absolute Gasteiger partial charge is 0.118 e. The van der Waals surface area contributed by atoms with E-state index in [4.69, 9.17) is 19.2 Å². The standard InChI is InChI=1S/C34H31NO3/c1-36-27-12-4-22(5-13-27)20-25-10-18-30-32(24-8-16-29(38-3)17-9-24)31-19-11-26(34(31)35-33(25)30)21-23-6-14-28(37-2)15-7-23/h4-9,12-17,20-21H,10-11,18-19H2,1-3H3/b25-20-,26-21-. The number of pyridine rings is 1. The SMILES string of the molecule is COc1ccc(/C=C2/CCc3c2nc2c(c3-c3ccc(OC)cc3)CC/C2=C/c2ccc(OC)cc2)cc1. The Morgan fingerprint density at radius 2 is 0.921 bits per heavy atom. The zero-order valence-electron chi connectivity index (χ0n) is 22.1. The van der Waals surface area contributed by atoms with Crippen LogP contribution in [0.25, 0.3) is 34.4 Å². The van der Waals surface area contributed by atoms with Gasteiger partial charge in [0, 0.05) is 0 Å². The van der Waals surface area contributed by atoms with Crippen molar-refractivity contribution in [3.8, 4) is 28.4 Å². The summed E-state index contributed by atoms with van der Waals surface area (Å²) in [6, 6.07) is 25.0. The molecule has 3 aromatic carbocycles. The van der Waals surface area contributed by atoms with E-state index in [2.05, 4.69) is 60.7 Å². The molecule has 2 aliphatic rings. The van der Waals surface area contributed by atoms with Crippen LogP contribution in [0, 0.1) is 0 Å². The Bertz CT molecular complexity index is 1440. The minimum Gasteiger partial charge on any atom is -0.497 e. The van der Waals surface area contributed by atoms with Gasteiger partial charge < -0.3 is 14.2 Å². The van der Waals surface area contributed by atoms with Crippen molar-refractivity contribution in [2.75, 3.05) is 21.3 Å². The number of nitrogens with zero attached hydrogens (tertiary/aromatic N) is 1. The second-order valence-corrected chi connectivity index (χ2v) is 9.76. The summed E-state index contributed by atoms with van der Waals surface area (Å²) in [5, 5.41) is 0. The van der Waals surface area contributed by atoms with Crippen molar-refractivity contribution < 1.29 is 14.2 Å². The molecule has 0 atom stereocenters. The number of hydrogen-bond donors (Lipinski definition) is 0. The maximum atomic E-state index is 5.44. The fraction of sp³-hybridized carbons (Fsp3) is 0.206. The molecular formula is C34H31NO3. The van der Waals surface area contributed by atoms with Crippen LogP contribution >= 0.6 is 0 Å². The van der Waals surface area contributed by atoms with E-state index in [1.807, 2.05) is 24.3 Å². The maximum Gasteiger partial charge on any atom is 0.118 e. The number of methoxy groups -OCH3 is 3. The number of hydrogen-bond acceptors (Lipinski definition) is 4. The number of ether oxygens (including phenoxy) is 3. The highest BCUT2D eigenvalue weighted by Crippen LogP contribution is 2.46. The molecule has 1 heterocycles. The molecule has 4 aromatic rings. The second kappa shape index (κ2) is 10.2. The monoisotopic (exact) mass is 501 g/mol. The van der Waals surface area contributed by atoms with Gasteiger partial charge in [0.2, 0.25) is 0 Å². The van der Waals surface area contributed by atoms with E-state index in [9.17, 15) is 0 Å². The average Bonchev–Trinajstić information content (AvgIpc) is 3.56. The predicted octanol–water partition coefficient (Wildman–Crippen LogP) is 7.75. The normalized spacial score (nSPS) is 16.0. The maximum absolute atomic E-state index is 5.44. The highest BCUT2D eigenvalue weighted by atomic mass is 16.5. The minimum absolute atomic E-state index is 0.866. The molecule has 0 unspecified atom stereocenters. The largest absolute Gasteiger partial charge is 0.497 e. The summed E-state index contributed by atoms with van der Waals surface area (Å²) in [5.74, 6) is 2.60. The number of aromatic nitrogens is 1. The summed E-state index contributed by atoms with van der Waals surface area (Å²) in [6.45, 7) is 0. The summed E-state index contributed by atoms with van der Waals surface area (Å²) >= 11 is 0. The third-order valence-electron chi connectivity index (χ3n) is 7.59. The van der Waals surface area contributed by atoms with Crippen molar-refractivity contribution in [2.24, 2.45) is 0 Å². The van der Waals surface area contributed by atoms with E-state index in [1.54, 1.807) is 21.3 Å². The van der Waals surface area contributed by atoms with Crippen LogP contribution in [-0.2, 0) is 12.8 Å². The lowest BCUT2D eigenvalue weighted by Gasteiger charge is -2.15. The lowest BCUT2D eigenvalue weighted by Crippen LogP contribution is -2.01. The summed E-state index contributed by atoms with van der Waals surface area (Å²) in [5.41, 5.74) is 12.5. The number of benzene rings is 3. The van der Waals surface area contributed by atoms with Gasteiger partial charge in [-0.3, -0.25) is 0 Å². The Labute approximate surface area is 224 Å². The van der Waals surface area contributed by atoms with Crippen molar-refractivity contribution in [1.29, 1.82) is 0 Å². The molecule has 2 aliphatic carbocycles. The van der Waals surface area contributed by atoms with Gasteiger partial charge in [-0.2, -0.15) is 0 Å². The van der Waals surface area contributed by atoms with Crippen LogP contribution in [-0.4, -0.2) is 26.3 Å². The molecular weight excluding hydrogens is 470 g/mol. The molecule has 4 heteroatoms. The lowest BCUT2D eigenvalue weighted by atomic mass is 9.93. The molecule has 0 bridgehead atoms. The lowest BCUT2D eigenvalue weighted by molar-refractivity contribution is 0.414. The third kappa shape index (κ3) is 4.47. The van der Waals surface area contributed by atoms with Gasteiger partial charge in [0.1, 0.15) is 17.2 Å². The van der Waals surface area contributed by atoms with Gasteiger partial charge in [-0.15, -0.1) is 0 Å².